The number of aliphatic hydroxyl groups is 1. The number of allylic oxidation sites excluding steroid dienone is 24. The number of phosphoric ester groups is 2. The lowest BCUT2D eigenvalue weighted by Crippen LogP contribution is -2.30. The molecule has 17 nitrogen and oxygen atoms in total. The number of esters is 4. The number of phosphoric acid groups is 2. The molecule has 0 saturated carbocycles. The standard InChI is InChI=1S/C83H138O17P2/c1-5-9-13-17-21-25-29-32-35-37-38-40-43-45-49-52-56-60-64-68-81(86)94-74-79(100-83(88)70-66-62-58-54-50-46-41-34-31-27-23-19-15-11-7-3)76-98-102(91,92)96-72-77(84)71-95-101(89,90)97-75-78(99-82(87)69-65-61-57-53-47-28-24-20-16-12-8-4)73-93-80(85)67-63-59-55-51-48-44-42-39-36-33-30-26-22-18-14-10-6-2/h9-11,13-15,21-23,25-27,32-36,38,40-42,44,51,55,77-79,84H,5-8,12,16-20,24,28-31,37,39,43,45-50,52-54,56-76H2,1-4H3,(H,89,90)(H,91,92)/b13-9-,14-10-,15-11-,25-21-,26-22-,27-23-,35-32-,36-33-,40-38-,41-34-,44-42-,55-51-. The van der Waals surface area contributed by atoms with E-state index in [1.807, 2.05) is 12.2 Å². The molecule has 0 aromatic carbocycles. The second-order valence-electron chi connectivity index (χ2n) is 25.5. The van der Waals surface area contributed by atoms with Crippen molar-refractivity contribution in [2.45, 2.75) is 316 Å². The monoisotopic (exact) mass is 1470 g/mol. The van der Waals surface area contributed by atoms with E-state index < -0.39 is 97.5 Å². The largest absolute Gasteiger partial charge is 0.472 e. The average molecular weight is 1470 g/mol. The van der Waals surface area contributed by atoms with Gasteiger partial charge in [0.2, 0.25) is 0 Å². The summed E-state index contributed by atoms with van der Waals surface area (Å²) < 4.78 is 68.5. The SMILES string of the molecule is CC/C=C\C/C=C\C/C=C\C/C=C\C/C=C\CCCC(=O)OCC(COP(=O)(O)OCC(O)COP(=O)(O)OCC(COC(=O)CCCCCCCC/C=C\C/C=C\C/C=C\C/C=C\CC)OC(=O)CCCCCCC/C=C\C/C=C\C/C=C\CC)OC(=O)CCCCCCCCCCCCC. The van der Waals surface area contributed by atoms with Crippen LogP contribution in [0.15, 0.2) is 146 Å². The first-order valence-electron chi connectivity index (χ1n) is 39.1. The molecule has 0 radical (unpaired) electrons. The predicted octanol–water partition coefficient (Wildman–Crippen LogP) is 22.7. The Bertz CT molecular complexity index is 2510. The highest BCUT2D eigenvalue weighted by atomic mass is 31.2. The molecule has 0 fully saturated rings. The Morgan fingerprint density at radius 1 is 0.284 bits per heavy atom. The quantitative estimate of drug-likeness (QED) is 0.0169. The lowest BCUT2D eigenvalue weighted by Gasteiger charge is -2.21. The molecule has 0 spiro atoms. The first-order chi connectivity index (χ1) is 49.7. The van der Waals surface area contributed by atoms with Gasteiger partial charge in [0.05, 0.1) is 26.4 Å². The van der Waals surface area contributed by atoms with E-state index in [4.69, 9.17) is 37.0 Å². The molecule has 5 unspecified atom stereocenters. The fraction of sp³-hybridized carbons (Fsp3) is 0.663. The van der Waals surface area contributed by atoms with Crippen molar-refractivity contribution < 1.29 is 80.2 Å². The maximum atomic E-state index is 13.1. The van der Waals surface area contributed by atoms with Gasteiger partial charge in [0.25, 0.3) is 0 Å². The molecule has 19 heteroatoms. The summed E-state index contributed by atoms with van der Waals surface area (Å²) in [5.74, 6) is -2.28. The highest BCUT2D eigenvalue weighted by Gasteiger charge is 2.30. The third-order valence-corrected chi connectivity index (χ3v) is 17.7. The van der Waals surface area contributed by atoms with Crippen molar-refractivity contribution in [1.82, 2.24) is 0 Å². The van der Waals surface area contributed by atoms with Crippen molar-refractivity contribution in [3.63, 3.8) is 0 Å². The van der Waals surface area contributed by atoms with Crippen LogP contribution in [0.5, 0.6) is 0 Å². The minimum atomic E-state index is -4.99. The van der Waals surface area contributed by atoms with Gasteiger partial charge in [-0.05, 0) is 135 Å². The highest BCUT2D eigenvalue weighted by molar-refractivity contribution is 7.47. The topological polar surface area (TPSA) is 237 Å². The lowest BCUT2D eigenvalue weighted by molar-refractivity contribution is -0.161. The van der Waals surface area contributed by atoms with Gasteiger partial charge in [-0.25, -0.2) is 9.13 Å². The maximum absolute atomic E-state index is 13.1. The Hall–Kier alpha value is -5.06. The van der Waals surface area contributed by atoms with Crippen LogP contribution in [-0.2, 0) is 65.4 Å². The molecule has 0 aliphatic rings. The fourth-order valence-electron chi connectivity index (χ4n) is 9.97. The van der Waals surface area contributed by atoms with Gasteiger partial charge in [0.1, 0.15) is 19.3 Å². The number of rotatable bonds is 72. The first-order valence-corrected chi connectivity index (χ1v) is 42.1. The highest BCUT2D eigenvalue weighted by Crippen LogP contribution is 2.45. The summed E-state index contributed by atoms with van der Waals surface area (Å²) >= 11 is 0. The van der Waals surface area contributed by atoms with Crippen molar-refractivity contribution in [1.29, 1.82) is 0 Å². The molecule has 0 amide bonds. The zero-order valence-corrected chi connectivity index (χ0v) is 65.3. The average Bonchev–Trinajstić information content (AvgIpc) is 0.926. The molecule has 5 atom stereocenters. The summed E-state index contributed by atoms with van der Waals surface area (Å²) in [7, 11) is -9.98. The van der Waals surface area contributed by atoms with E-state index in [0.717, 1.165) is 173 Å². The maximum Gasteiger partial charge on any atom is 0.472 e. The second-order valence-corrected chi connectivity index (χ2v) is 28.4. The Morgan fingerprint density at radius 3 is 0.824 bits per heavy atom. The number of carbonyl (C=O) groups excluding carboxylic acids is 4. The van der Waals surface area contributed by atoms with Crippen LogP contribution in [0.4, 0.5) is 0 Å². The van der Waals surface area contributed by atoms with Crippen LogP contribution in [0.2, 0.25) is 0 Å². The minimum absolute atomic E-state index is 0.0671. The number of hydrogen-bond donors (Lipinski definition) is 3. The Kier molecular flexibility index (Phi) is 70.5. The van der Waals surface area contributed by atoms with Gasteiger partial charge in [-0.15, -0.1) is 0 Å². The van der Waals surface area contributed by atoms with E-state index in [2.05, 4.69) is 161 Å². The smallest absolute Gasteiger partial charge is 0.462 e. The van der Waals surface area contributed by atoms with Crippen LogP contribution in [0.1, 0.15) is 297 Å². The van der Waals surface area contributed by atoms with Gasteiger partial charge in [0, 0.05) is 25.7 Å². The van der Waals surface area contributed by atoms with Crippen LogP contribution in [0, 0.1) is 0 Å². The summed E-state index contributed by atoms with van der Waals surface area (Å²) in [6.07, 6.45) is 84.1. The van der Waals surface area contributed by atoms with Gasteiger partial charge in [-0.3, -0.25) is 37.3 Å². The van der Waals surface area contributed by atoms with E-state index in [1.54, 1.807) is 0 Å². The molecule has 0 aliphatic carbocycles. The van der Waals surface area contributed by atoms with Crippen LogP contribution in [0.25, 0.3) is 0 Å². The molecular weight excluding hydrogens is 1330 g/mol. The molecule has 102 heavy (non-hydrogen) atoms. The number of aliphatic hydroxyl groups excluding tert-OH is 1. The summed E-state index contributed by atoms with van der Waals surface area (Å²) in [6, 6.07) is 0. The van der Waals surface area contributed by atoms with Crippen molar-refractivity contribution in [2.24, 2.45) is 0 Å². The van der Waals surface area contributed by atoms with E-state index in [1.165, 1.54) is 38.5 Å². The number of ether oxygens (including phenoxy) is 4. The normalized spacial score (nSPS) is 14.7. The minimum Gasteiger partial charge on any atom is -0.462 e. The molecule has 582 valence electrons. The molecule has 0 saturated heterocycles. The van der Waals surface area contributed by atoms with E-state index in [-0.39, 0.29) is 25.7 Å². The van der Waals surface area contributed by atoms with Gasteiger partial charge < -0.3 is 33.8 Å². The molecule has 0 aromatic rings. The Balaban J connectivity index is 5.39. The van der Waals surface area contributed by atoms with Gasteiger partial charge in [0.15, 0.2) is 12.2 Å². The molecule has 0 aliphatic heterocycles. The molecular formula is C83H138O17P2. The molecule has 0 aromatic heterocycles. The van der Waals surface area contributed by atoms with E-state index in [0.29, 0.717) is 32.1 Å². The third-order valence-electron chi connectivity index (χ3n) is 15.8. The zero-order valence-electron chi connectivity index (χ0n) is 63.5. The summed E-state index contributed by atoms with van der Waals surface area (Å²) in [5.41, 5.74) is 0. The molecule has 3 N–H and O–H groups in total. The second kappa shape index (κ2) is 74.2. The van der Waals surface area contributed by atoms with Crippen LogP contribution in [0.3, 0.4) is 0 Å². The van der Waals surface area contributed by atoms with Crippen LogP contribution < -0.4 is 0 Å². The summed E-state index contributed by atoms with van der Waals surface area (Å²) in [5, 5.41) is 10.6. The number of unbranched alkanes of at least 4 members (excludes halogenated alkanes) is 22. The van der Waals surface area contributed by atoms with Gasteiger partial charge in [-0.1, -0.05) is 283 Å². The van der Waals surface area contributed by atoms with Crippen molar-refractivity contribution in [3.05, 3.63) is 146 Å². The first kappa shape index (κ1) is 96.9. The molecule has 0 heterocycles. The van der Waals surface area contributed by atoms with E-state index in [9.17, 15) is 43.2 Å². The van der Waals surface area contributed by atoms with Crippen LogP contribution >= 0.6 is 15.6 Å². The third kappa shape index (κ3) is 73.3. The van der Waals surface area contributed by atoms with Crippen molar-refractivity contribution in [3.8, 4) is 0 Å². The Labute approximate surface area is 617 Å². The molecule has 0 bridgehead atoms. The zero-order chi connectivity index (χ0) is 74.6. The van der Waals surface area contributed by atoms with Gasteiger partial charge in [-0.2, -0.15) is 0 Å². The number of carbonyl (C=O) groups is 4. The number of hydrogen-bond acceptors (Lipinski definition) is 15. The van der Waals surface area contributed by atoms with Crippen molar-refractivity contribution in [2.75, 3.05) is 39.6 Å². The van der Waals surface area contributed by atoms with E-state index >= 15 is 0 Å². The fourth-order valence-corrected chi connectivity index (χ4v) is 11.5. The van der Waals surface area contributed by atoms with Crippen LogP contribution in [-0.4, -0.2) is 96.7 Å². The molecule has 0 rings (SSSR count). The van der Waals surface area contributed by atoms with Crippen molar-refractivity contribution >= 4 is 39.5 Å². The summed E-state index contributed by atoms with van der Waals surface area (Å²) in [6.45, 7) is 4.43. The lowest BCUT2D eigenvalue weighted by atomic mass is 10.1. The predicted molar refractivity (Wildman–Crippen MR) is 417 cm³/mol. The Morgan fingerprint density at radius 2 is 0.520 bits per heavy atom. The summed E-state index contributed by atoms with van der Waals surface area (Å²) in [4.78, 5) is 72.9. The van der Waals surface area contributed by atoms with Gasteiger partial charge >= 0.3 is 39.5 Å².